The minimum absolute atomic E-state index is 0.245. The van der Waals surface area contributed by atoms with Gasteiger partial charge in [-0.2, -0.15) is 0 Å². The van der Waals surface area contributed by atoms with Gasteiger partial charge in [0, 0.05) is 49.8 Å². The van der Waals surface area contributed by atoms with E-state index in [1.54, 1.807) is 0 Å². The lowest BCUT2D eigenvalue weighted by atomic mass is 10.0. The zero-order valence-electron chi connectivity index (χ0n) is 47.9. The van der Waals surface area contributed by atoms with Crippen molar-refractivity contribution in [3.63, 3.8) is 0 Å². The summed E-state index contributed by atoms with van der Waals surface area (Å²) >= 11 is 0. The van der Waals surface area contributed by atoms with Crippen LogP contribution in [0.1, 0.15) is 191 Å². The van der Waals surface area contributed by atoms with Crippen LogP contribution < -0.4 is 90.1 Å². The minimum atomic E-state index is 0.245. The molecule has 0 aromatic heterocycles. The van der Waals surface area contributed by atoms with Crippen molar-refractivity contribution in [2.24, 2.45) is 92.5 Å². The van der Waals surface area contributed by atoms with Crippen LogP contribution in [0.25, 0.3) is 0 Å². The normalized spacial score (nSPS) is 14.7. The predicted molar refractivity (Wildman–Crippen MR) is 312 cm³/mol. The molecule has 9 unspecified atom stereocenters. The summed E-state index contributed by atoms with van der Waals surface area (Å²) in [6.07, 6.45) is 23.8. The van der Waals surface area contributed by atoms with Gasteiger partial charge < -0.3 is 90.1 Å². The number of rotatable bonds is 42. The van der Waals surface area contributed by atoms with Crippen LogP contribution in [0.3, 0.4) is 0 Å². The Labute approximate surface area is 431 Å². The van der Waals surface area contributed by atoms with Crippen LogP contribution in [0.15, 0.2) is 0 Å². The second-order valence-corrected chi connectivity index (χ2v) is 20.5. The molecule has 0 aromatic carbocycles. The van der Waals surface area contributed by atoms with Crippen LogP contribution in [-0.2, 0) is 0 Å². The fourth-order valence-corrected chi connectivity index (χ4v) is 6.14. The molecule has 0 rings (SSSR count). The number of unbranched alkanes of at least 4 members (excludes halogenated alkanes) is 8. The van der Waals surface area contributed by atoms with Crippen molar-refractivity contribution in [3.8, 4) is 0 Å². The van der Waals surface area contributed by atoms with Crippen LogP contribution in [0, 0.1) is 23.7 Å². The lowest BCUT2D eigenvalue weighted by Gasteiger charge is -2.19. The summed E-state index contributed by atoms with van der Waals surface area (Å²) in [5.41, 5.74) is 65.4. The lowest BCUT2D eigenvalue weighted by Crippen LogP contribution is -2.36. The molecule has 0 fully saturated rings. The van der Waals surface area contributed by atoms with E-state index in [-0.39, 0.29) is 6.04 Å². The van der Waals surface area contributed by atoms with Gasteiger partial charge in [0.2, 0.25) is 0 Å². The monoisotopic (exact) mass is 995 g/mol. The SMILES string of the molecule is CC(N)CCC(C)CN.CC(N)CCC(C)CNC(C)CCC(C)CN.CC(N)CNC(C)CCC(C)CN.NCCCCCN.NCCCCCNCCCCCN.NCCCCCNCCN. The van der Waals surface area contributed by atoms with E-state index in [4.69, 9.17) is 68.8 Å². The smallest absolute Gasteiger partial charge is 0.0136 e. The van der Waals surface area contributed by atoms with Crippen LogP contribution in [0.4, 0.5) is 0 Å². The summed E-state index contributed by atoms with van der Waals surface area (Å²) < 4.78 is 0. The predicted octanol–water partition coefficient (Wildman–Crippen LogP) is 4.07. The number of hydrogen-bond acceptors (Lipinski definition) is 16. The van der Waals surface area contributed by atoms with Crippen molar-refractivity contribution in [1.82, 2.24) is 21.3 Å². The van der Waals surface area contributed by atoms with Crippen LogP contribution in [0.5, 0.6) is 0 Å². The van der Waals surface area contributed by atoms with Gasteiger partial charge in [-0.1, -0.05) is 53.4 Å². The number of hydrogen-bond donors (Lipinski definition) is 16. The first-order valence-corrected chi connectivity index (χ1v) is 28.4. The zero-order chi connectivity index (χ0) is 53.8. The molecule has 69 heavy (non-hydrogen) atoms. The van der Waals surface area contributed by atoms with Crippen molar-refractivity contribution in [3.05, 3.63) is 0 Å². The summed E-state index contributed by atoms with van der Waals surface area (Å²) in [6, 6.07) is 2.07. The maximum Gasteiger partial charge on any atom is 0.0136 e. The van der Waals surface area contributed by atoms with Crippen molar-refractivity contribution in [1.29, 1.82) is 0 Å². The maximum absolute atomic E-state index is 5.76. The highest BCUT2D eigenvalue weighted by atomic mass is 14.9. The van der Waals surface area contributed by atoms with Gasteiger partial charge in [-0.15, -0.1) is 0 Å². The van der Waals surface area contributed by atoms with Gasteiger partial charge >= 0.3 is 0 Å². The Kier molecular flexibility index (Phi) is 80.3. The molecular weight excluding hydrogens is 861 g/mol. The highest BCUT2D eigenvalue weighted by Crippen LogP contribution is 2.10. The highest BCUT2D eigenvalue weighted by Gasteiger charge is 2.09. The molecule has 0 heterocycles. The van der Waals surface area contributed by atoms with E-state index in [9.17, 15) is 0 Å². The first-order chi connectivity index (χ1) is 32.9. The van der Waals surface area contributed by atoms with E-state index in [0.29, 0.717) is 41.9 Å². The Morgan fingerprint density at radius 1 is 0.275 bits per heavy atom. The molecule has 0 aliphatic rings. The van der Waals surface area contributed by atoms with E-state index < -0.39 is 0 Å². The fourth-order valence-electron chi connectivity index (χ4n) is 6.14. The Balaban J connectivity index is -0.000000176. The van der Waals surface area contributed by atoms with Crippen LogP contribution >= 0.6 is 0 Å². The Hall–Kier alpha value is -0.640. The Morgan fingerprint density at radius 2 is 0.565 bits per heavy atom. The number of nitrogens with two attached hydrogens (primary N) is 12. The van der Waals surface area contributed by atoms with Gasteiger partial charge in [0.05, 0.1) is 0 Å². The second kappa shape index (κ2) is 69.4. The van der Waals surface area contributed by atoms with Gasteiger partial charge in [-0.3, -0.25) is 0 Å². The summed E-state index contributed by atoms with van der Waals surface area (Å²) in [6.45, 7) is 33.0. The van der Waals surface area contributed by atoms with E-state index in [0.717, 1.165) is 155 Å². The van der Waals surface area contributed by atoms with Gasteiger partial charge in [-0.05, 0) is 240 Å². The average molecular weight is 996 g/mol. The van der Waals surface area contributed by atoms with Crippen molar-refractivity contribution >= 4 is 0 Å². The molecule has 0 spiro atoms. The molecule has 0 radical (unpaired) electrons. The molecule has 9 atom stereocenters. The highest BCUT2D eigenvalue weighted by molar-refractivity contribution is 4.68. The molecule has 0 amide bonds. The fraction of sp³-hybridized carbons (Fsp3) is 1.00. The van der Waals surface area contributed by atoms with Gasteiger partial charge in [0.15, 0.2) is 0 Å². The summed E-state index contributed by atoms with van der Waals surface area (Å²) in [5, 5.41) is 13.6. The molecule has 0 bridgehead atoms. The molecule has 0 aromatic rings. The molecule has 0 saturated heterocycles. The van der Waals surface area contributed by atoms with Crippen molar-refractivity contribution in [2.45, 2.75) is 221 Å². The van der Waals surface area contributed by atoms with Crippen molar-refractivity contribution < 1.29 is 0 Å². The van der Waals surface area contributed by atoms with E-state index in [1.165, 1.54) is 77.0 Å². The Bertz CT molecular complexity index is 824. The largest absolute Gasteiger partial charge is 0.330 e. The maximum atomic E-state index is 5.76. The Morgan fingerprint density at radius 3 is 0.855 bits per heavy atom. The van der Waals surface area contributed by atoms with E-state index in [1.807, 2.05) is 13.8 Å². The minimum Gasteiger partial charge on any atom is -0.330 e. The third-order valence-corrected chi connectivity index (χ3v) is 11.6. The molecule has 426 valence electrons. The zero-order valence-corrected chi connectivity index (χ0v) is 47.9. The van der Waals surface area contributed by atoms with Crippen LogP contribution in [0.2, 0.25) is 0 Å². The summed E-state index contributed by atoms with van der Waals surface area (Å²) in [5.74, 6) is 2.64. The first-order valence-electron chi connectivity index (χ1n) is 28.4. The standard InChI is InChI=1S/C14H33N3.2C10H25N3.C7H19N3.C7H18N2.C5H14N2/c1-11(9-15)6-8-14(4)17-10-12(2)5-7-13(3)16;1-8(6-11)4-5-10(3)13-7-9(2)12;11-7-3-1-5-9-13-10-6-2-4-8-12;8-4-2-1-3-6-10-7-5-9;1-6(5-8)3-4-7(2)9;6-4-2-1-3-5-7/h11-14,17H,5-10,15-16H2,1-4H3;8-10,13H,4-7,11-12H2,1-3H3;13H,1-12H2;10H,1-9H2;6-7H,3-5,8-9H2,1-2H3;1-7H2. The summed E-state index contributed by atoms with van der Waals surface area (Å²) in [4.78, 5) is 0. The first kappa shape index (κ1) is 79.8. The third kappa shape index (κ3) is 90.6. The molecule has 0 aliphatic carbocycles. The summed E-state index contributed by atoms with van der Waals surface area (Å²) in [7, 11) is 0. The van der Waals surface area contributed by atoms with Gasteiger partial charge in [0.25, 0.3) is 0 Å². The van der Waals surface area contributed by atoms with E-state index >= 15 is 0 Å². The molecule has 0 saturated carbocycles. The van der Waals surface area contributed by atoms with Gasteiger partial charge in [-0.25, -0.2) is 0 Å². The molecule has 0 aliphatic heterocycles. The second-order valence-electron chi connectivity index (χ2n) is 20.5. The van der Waals surface area contributed by atoms with Crippen molar-refractivity contribution in [2.75, 3.05) is 98.2 Å². The quantitative estimate of drug-likeness (QED) is 0.0383. The molecule has 28 N–H and O–H groups in total. The lowest BCUT2D eigenvalue weighted by molar-refractivity contribution is 0.389. The number of nitrogens with one attached hydrogen (secondary N) is 4. The topological polar surface area (TPSA) is 360 Å². The van der Waals surface area contributed by atoms with Gasteiger partial charge in [0.1, 0.15) is 0 Å². The van der Waals surface area contributed by atoms with Crippen LogP contribution in [-0.4, -0.2) is 128 Å². The van der Waals surface area contributed by atoms with E-state index in [2.05, 4.69) is 69.7 Å². The molecule has 16 heteroatoms. The average Bonchev–Trinajstić information content (AvgIpc) is 3.33. The molecular formula is C53H134N16. The molecule has 16 nitrogen and oxygen atoms in total. The third-order valence-electron chi connectivity index (χ3n) is 11.6.